The predicted molar refractivity (Wildman–Crippen MR) is 136 cm³/mol. The molecule has 1 aliphatic rings. The summed E-state index contributed by atoms with van der Waals surface area (Å²) in [6, 6.07) is 21.7. The van der Waals surface area contributed by atoms with Crippen molar-refractivity contribution in [1.82, 2.24) is 0 Å². The van der Waals surface area contributed by atoms with Crippen LogP contribution in [-0.2, 0) is 9.16 Å². The van der Waals surface area contributed by atoms with Gasteiger partial charge >= 0.3 is 0 Å². The first-order chi connectivity index (χ1) is 15.2. The van der Waals surface area contributed by atoms with Gasteiger partial charge in [-0.2, -0.15) is 0 Å². The highest BCUT2D eigenvalue weighted by atomic mass is 28.4. The van der Waals surface area contributed by atoms with Gasteiger partial charge in [-0.15, -0.1) is 0 Å². The van der Waals surface area contributed by atoms with E-state index in [0.717, 1.165) is 12.8 Å². The Morgan fingerprint density at radius 1 is 0.938 bits per heavy atom. The van der Waals surface area contributed by atoms with Gasteiger partial charge in [0.1, 0.15) is 0 Å². The summed E-state index contributed by atoms with van der Waals surface area (Å²) in [5, 5.41) is 12.2. The first kappa shape index (κ1) is 25.2. The van der Waals surface area contributed by atoms with Gasteiger partial charge in [-0.1, -0.05) is 102 Å². The molecule has 1 heterocycles. The Morgan fingerprint density at radius 2 is 1.47 bits per heavy atom. The summed E-state index contributed by atoms with van der Waals surface area (Å²) in [5.41, 5.74) is 0. The number of ether oxygens (including phenoxy) is 1. The van der Waals surface area contributed by atoms with Gasteiger partial charge in [-0.3, -0.25) is 0 Å². The van der Waals surface area contributed by atoms with Crippen molar-refractivity contribution >= 4 is 18.7 Å². The largest absolute Gasteiger partial charge is 0.407 e. The van der Waals surface area contributed by atoms with E-state index in [-0.39, 0.29) is 35.7 Å². The molecule has 0 saturated carbocycles. The van der Waals surface area contributed by atoms with Crippen molar-refractivity contribution in [3.63, 3.8) is 0 Å². The minimum absolute atomic E-state index is 0.0254. The molecule has 0 amide bonds. The van der Waals surface area contributed by atoms with Crippen LogP contribution in [0.15, 0.2) is 60.7 Å². The zero-order valence-corrected chi connectivity index (χ0v) is 21.8. The molecule has 0 radical (unpaired) electrons. The fraction of sp³-hybridized carbons (Fsp3) is 0.571. The maximum atomic E-state index is 9.63. The third-order valence-corrected chi connectivity index (χ3v) is 12.3. The van der Waals surface area contributed by atoms with Crippen LogP contribution in [0.2, 0.25) is 5.04 Å². The zero-order valence-electron chi connectivity index (χ0n) is 20.8. The molecule has 5 atom stereocenters. The monoisotopic (exact) mass is 454 g/mol. The molecule has 0 bridgehead atoms. The molecule has 0 aromatic heterocycles. The second kappa shape index (κ2) is 10.6. The van der Waals surface area contributed by atoms with Crippen molar-refractivity contribution in [1.29, 1.82) is 0 Å². The molecule has 0 unspecified atom stereocenters. The Labute approximate surface area is 196 Å². The molecule has 1 saturated heterocycles. The zero-order chi connectivity index (χ0) is 23.4. The van der Waals surface area contributed by atoms with E-state index >= 15 is 0 Å². The van der Waals surface area contributed by atoms with E-state index in [0.29, 0.717) is 12.5 Å². The van der Waals surface area contributed by atoms with E-state index in [1.165, 1.54) is 10.4 Å². The fourth-order valence-corrected chi connectivity index (χ4v) is 10.0. The van der Waals surface area contributed by atoms with Gasteiger partial charge < -0.3 is 14.3 Å². The van der Waals surface area contributed by atoms with E-state index < -0.39 is 8.32 Å². The topological polar surface area (TPSA) is 38.7 Å². The average Bonchev–Trinajstić information content (AvgIpc) is 2.79. The van der Waals surface area contributed by atoms with Crippen molar-refractivity contribution in [2.24, 2.45) is 17.8 Å². The average molecular weight is 455 g/mol. The number of aliphatic hydroxyl groups excluding tert-OH is 1. The first-order valence-corrected chi connectivity index (χ1v) is 14.1. The van der Waals surface area contributed by atoms with Gasteiger partial charge in [0.05, 0.1) is 12.2 Å². The third kappa shape index (κ3) is 5.20. The van der Waals surface area contributed by atoms with Crippen molar-refractivity contribution in [3.05, 3.63) is 60.7 Å². The second-order valence-electron chi connectivity index (χ2n) is 10.8. The molecule has 32 heavy (non-hydrogen) atoms. The summed E-state index contributed by atoms with van der Waals surface area (Å²) in [5.74, 6) is 0.949. The Morgan fingerprint density at radius 3 is 1.94 bits per heavy atom. The molecule has 4 heteroatoms. The maximum Gasteiger partial charge on any atom is 0.261 e. The number of hydrogen-bond donors (Lipinski definition) is 1. The summed E-state index contributed by atoms with van der Waals surface area (Å²) in [4.78, 5) is 0. The molecule has 0 spiro atoms. The van der Waals surface area contributed by atoms with Crippen LogP contribution >= 0.6 is 0 Å². The Balaban J connectivity index is 1.90. The Bertz CT molecular complexity index is 778. The molecule has 0 aliphatic carbocycles. The Kier molecular flexibility index (Phi) is 8.37. The SMILES string of the molecule is C[C@H](CO)[C@@H]1CC[C@H](C)[C@@H]([C@@H](C)CO[Si](c2ccccc2)(c2ccccc2)C(C)(C)C)O1. The number of benzene rings is 2. The van der Waals surface area contributed by atoms with Gasteiger partial charge in [-0.05, 0) is 34.2 Å². The summed E-state index contributed by atoms with van der Waals surface area (Å²) in [6.45, 7) is 14.5. The smallest absolute Gasteiger partial charge is 0.261 e. The maximum absolute atomic E-state index is 9.63. The molecular formula is C28H42O3Si. The molecule has 2 aromatic rings. The van der Waals surface area contributed by atoms with E-state index in [1.54, 1.807) is 0 Å². The molecular weight excluding hydrogens is 412 g/mol. The molecule has 1 aliphatic heterocycles. The summed E-state index contributed by atoms with van der Waals surface area (Å²) >= 11 is 0. The van der Waals surface area contributed by atoms with E-state index in [9.17, 15) is 5.11 Å². The van der Waals surface area contributed by atoms with Crippen LogP contribution < -0.4 is 10.4 Å². The standard InChI is InChI=1S/C28H42O3Si/c1-21-17-18-26(22(2)19-29)31-27(21)23(3)20-30-32(28(4,5)6,24-13-9-7-10-14-24)25-15-11-8-12-16-25/h7-16,21-23,26-27,29H,17-20H2,1-6H3/t21-,22+,23-,26-,27-/m0/s1. The first-order valence-electron chi connectivity index (χ1n) is 12.2. The van der Waals surface area contributed by atoms with Crippen LogP contribution in [0.4, 0.5) is 0 Å². The lowest BCUT2D eigenvalue weighted by Crippen LogP contribution is -2.67. The van der Waals surface area contributed by atoms with Crippen LogP contribution in [0.1, 0.15) is 54.4 Å². The molecule has 1 N–H and O–H groups in total. The lowest BCUT2D eigenvalue weighted by atomic mass is 9.84. The highest BCUT2D eigenvalue weighted by molar-refractivity contribution is 6.99. The lowest BCUT2D eigenvalue weighted by molar-refractivity contribution is -0.131. The van der Waals surface area contributed by atoms with Crippen molar-refractivity contribution in [3.8, 4) is 0 Å². The summed E-state index contributed by atoms with van der Waals surface area (Å²) in [6.07, 6.45) is 2.46. The van der Waals surface area contributed by atoms with Crippen molar-refractivity contribution in [2.75, 3.05) is 13.2 Å². The van der Waals surface area contributed by atoms with Gasteiger partial charge in [0.2, 0.25) is 0 Å². The quantitative estimate of drug-likeness (QED) is 0.570. The molecule has 3 nitrogen and oxygen atoms in total. The predicted octanol–water partition coefficient (Wildman–Crippen LogP) is 5.01. The normalized spacial score (nSPS) is 24.2. The lowest BCUT2D eigenvalue weighted by Gasteiger charge is -2.45. The van der Waals surface area contributed by atoms with E-state index in [2.05, 4.69) is 102 Å². The van der Waals surface area contributed by atoms with Crippen LogP contribution in [0.25, 0.3) is 0 Å². The third-order valence-electron chi connectivity index (χ3n) is 7.26. The number of rotatable bonds is 8. The van der Waals surface area contributed by atoms with E-state index in [4.69, 9.17) is 9.16 Å². The van der Waals surface area contributed by atoms with Crippen molar-refractivity contribution < 1.29 is 14.3 Å². The molecule has 1 fully saturated rings. The number of aliphatic hydroxyl groups is 1. The second-order valence-corrected chi connectivity index (χ2v) is 15.1. The van der Waals surface area contributed by atoms with Gasteiger partial charge in [0, 0.05) is 25.0 Å². The summed E-state index contributed by atoms with van der Waals surface area (Å²) in [7, 11) is -2.54. The highest BCUT2D eigenvalue weighted by Crippen LogP contribution is 2.38. The van der Waals surface area contributed by atoms with Crippen LogP contribution in [0, 0.1) is 17.8 Å². The minimum Gasteiger partial charge on any atom is -0.407 e. The fourth-order valence-electron chi connectivity index (χ4n) is 5.34. The van der Waals surface area contributed by atoms with E-state index in [1.807, 2.05) is 0 Å². The van der Waals surface area contributed by atoms with Gasteiger partial charge in [0.15, 0.2) is 0 Å². The van der Waals surface area contributed by atoms with Crippen molar-refractivity contribution in [2.45, 2.75) is 71.6 Å². The van der Waals surface area contributed by atoms with Crippen LogP contribution in [-0.4, -0.2) is 38.8 Å². The highest BCUT2D eigenvalue weighted by Gasteiger charge is 2.50. The van der Waals surface area contributed by atoms with Crippen LogP contribution in [0.5, 0.6) is 0 Å². The molecule has 2 aromatic carbocycles. The minimum atomic E-state index is -2.54. The number of hydrogen-bond acceptors (Lipinski definition) is 3. The van der Waals surface area contributed by atoms with Crippen LogP contribution in [0.3, 0.4) is 0 Å². The van der Waals surface area contributed by atoms with Gasteiger partial charge in [-0.25, -0.2) is 0 Å². The molecule has 176 valence electrons. The molecule has 3 rings (SSSR count). The summed E-state index contributed by atoms with van der Waals surface area (Å²) < 4.78 is 13.7. The van der Waals surface area contributed by atoms with Gasteiger partial charge in [0.25, 0.3) is 8.32 Å². The Hall–Kier alpha value is -1.46.